The first kappa shape index (κ1) is 15.5. The second-order valence-corrected chi connectivity index (χ2v) is 4.89. The van der Waals surface area contributed by atoms with E-state index in [0.717, 1.165) is 24.2 Å². The van der Waals surface area contributed by atoms with Crippen LogP contribution in [0.5, 0.6) is 5.75 Å². The van der Waals surface area contributed by atoms with Gasteiger partial charge in [0.25, 0.3) is 0 Å². The molecule has 0 aromatic heterocycles. The molecule has 19 heavy (non-hydrogen) atoms. The van der Waals surface area contributed by atoms with E-state index in [-0.39, 0.29) is 11.9 Å². The number of nitrogens with two attached hydrogens (primary N) is 1. The van der Waals surface area contributed by atoms with Crippen molar-refractivity contribution in [2.75, 3.05) is 20.7 Å². The van der Waals surface area contributed by atoms with E-state index in [1.807, 2.05) is 38.2 Å². The average molecular weight is 264 g/mol. The number of methoxy groups -OCH3 is 1. The van der Waals surface area contributed by atoms with Crippen LogP contribution < -0.4 is 10.5 Å². The lowest BCUT2D eigenvalue weighted by atomic mass is 10.1. The molecular formula is C15H24N2O2. The van der Waals surface area contributed by atoms with Gasteiger partial charge in [-0.2, -0.15) is 0 Å². The third-order valence-electron chi connectivity index (χ3n) is 3.15. The van der Waals surface area contributed by atoms with Gasteiger partial charge in [-0.15, -0.1) is 0 Å². The van der Waals surface area contributed by atoms with Crippen LogP contribution in [0.1, 0.15) is 25.3 Å². The number of ether oxygens (including phenoxy) is 1. The predicted octanol–water partition coefficient (Wildman–Crippen LogP) is 1.82. The molecular weight excluding hydrogens is 240 g/mol. The summed E-state index contributed by atoms with van der Waals surface area (Å²) in [4.78, 5) is 13.6. The Morgan fingerprint density at radius 3 is 2.74 bits per heavy atom. The summed E-state index contributed by atoms with van der Waals surface area (Å²) in [6.07, 6.45) is 2.04. The zero-order valence-corrected chi connectivity index (χ0v) is 12.1. The Kier molecular flexibility index (Phi) is 6.36. The molecule has 0 aliphatic carbocycles. The van der Waals surface area contributed by atoms with E-state index >= 15 is 0 Å². The lowest BCUT2D eigenvalue weighted by molar-refractivity contribution is -0.130. The summed E-state index contributed by atoms with van der Waals surface area (Å²) in [6, 6.07) is 7.97. The minimum Gasteiger partial charge on any atom is -0.496 e. The maximum absolute atomic E-state index is 11.9. The number of hydrogen-bond donors (Lipinski definition) is 1. The molecule has 1 unspecified atom stereocenters. The van der Waals surface area contributed by atoms with E-state index in [2.05, 4.69) is 0 Å². The van der Waals surface area contributed by atoms with Crippen LogP contribution in [-0.2, 0) is 11.2 Å². The van der Waals surface area contributed by atoms with Gasteiger partial charge < -0.3 is 15.4 Å². The summed E-state index contributed by atoms with van der Waals surface area (Å²) in [5.41, 5.74) is 6.78. The Morgan fingerprint density at radius 1 is 1.42 bits per heavy atom. The van der Waals surface area contributed by atoms with Crippen molar-refractivity contribution in [2.24, 2.45) is 5.73 Å². The highest BCUT2D eigenvalue weighted by Gasteiger charge is 2.10. The number of amides is 1. The molecule has 0 aliphatic rings. The topological polar surface area (TPSA) is 55.6 Å². The number of benzene rings is 1. The van der Waals surface area contributed by atoms with Crippen LogP contribution >= 0.6 is 0 Å². The van der Waals surface area contributed by atoms with Crippen molar-refractivity contribution in [1.29, 1.82) is 0 Å². The van der Waals surface area contributed by atoms with Gasteiger partial charge in [0.05, 0.1) is 7.11 Å². The van der Waals surface area contributed by atoms with Gasteiger partial charge in [-0.25, -0.2) is 0 Å². The van der Waals surface area contributed by atoms with E-state index in [9.17, 15) is 4.79 Å². The minimum absolute atomic E-state index is 0.0755. The number of hydrogen-bond acceptors (Lipinski definition) is 3. The number of rotatable bonds is 7. The number of carbonyl (C=O) groups excluding carboxylic acids is 1. The van der Waals surface area contributed by atoms with Crippen LogP contribution in [0.25, 0.3) is 0 Å². The van der Waals surface area contributed by atoms with E-state index in [1.165, 1.54) is 0 Å². The van der Waals surface area contributed by atoms with Crippen LogP contribution in [0.3, 0.4) is 0 Å². The predicted molar refractivity (Wildman–Crippen MR) is 77.2 cm³/mol. The van der Waals surface area contributed by atoms with Crippen LogP contribution in [-0.4, -0.2) is 37.6 Å². The van der Waals surface area contributed by atoms with Crippen LogP contribution in [0, 0.1) is 0 Å². The van der Waals surface area contributed by atoms with Crippen molar-refractivity contribution in [2.45, 2.75) is 32.2 Å². The molecule has 4 heteroatoms. The summed E-state index contributed by atoms with van der Waals surface area (Å²) in [7, 11) is 3.50. The smallest absolute Gasteiger partial charge is 0.222 e. The third kappa shape index (κ3) is 5.30. The molecule has 0 saturated heterocycles. The molecule has 0 radical (unpaired) electrons. The molecule has 1 rings (SSSR count). The fourth-order valence-electron chi connectivity index (χ4n) is 1.86. The van der Waals surface area contributed by atoms with Gasteiger partial charge in [0.15, 0.2) is 0 Å². The summed E-state index contributed by atoms with van der Waals surface area (Å²) in [6.45, 7) is 2.61. The second kappa shape index (κ2) is 7.79. The van der Waals surface area contributed by atoms with E-state index in [0.29, 0.717) is 13.0 Å². The number of carbonyl (C=O) groups is 1. The number of para-hydroxylation sites is 1. The molecule has 0 bridgehead atoms. The fourth-order valence-corrected chi connectivity index (χ4v) is 1.86. The Balaban J connectivity index is 2.45. The lowest BCUT2D eigenvalue weighted by Gasteiger charge is -2.18. The molecule has 1 aromatic carbocycles. The lowest BCUT2D eigenvalue weighted by Crippen LogP contribution is -2.30. The fraction of sp³-hybridized carbons (Fsp3) is 0.533. The van der Waals surface area contributed by atoms with Gasteiger partial charge in [0.1, 0.15) is 5.75 Å². The van der Waals surface area contributed by atoms with E-state index in [1.54, 1.807) is 12.0 Å². The van der Waals surface area contributed by atoms with Crippen molar-refractivity contribution >= 4 is 5.91 Å². The van der Waals surface area contributed by atoms with Gasteiger partial charge in [-0.05, 0) is 31.4 Å². The quantitative estimate of drug-likeness (QED) is 0.817. The molecule has 0 saturated carbocycles. The SMILES string of the molecule is COc1ccccc1CCN(C)C(=O)CCC(C)N. The molecule has 106 valence electrons. The van der Waals surface area contributed by atoms with Gasteiger partial charge in [-0.3, -0.25) is 4.79 Å². The van der Waals surface area contributed by atoms with Crippen molar-refractivity contribution in [1.82, 2.24) is 4.90 Å². The number of nitrogens with zero attached hydrogens (tertiary/aromatic N) is 1. The Hall–Kier alpha value is -1.55. The first-order chi connectivity index (χ1) is 9.04. The molecule has 1 atom stereocenters. The van der Waals surface area contributed by atoms with E-state index in [4.69, 9.17) is 10.5 Å². The van der Waals surface area contributed by atoms with E-state index < -0.39 is 0 Å². The van der Waals surface area contributed by atoms with Crippen LogP contribution in [0.2, 0.25) is 0 Å². The highest BCUT2D eigenvalue weighted by molar-refractivity contribution is 5.75. The van der Waals surface area contributed by atoms with Crippen LogP contribution in [0.15, 0.2) is 24.3 Å². The number of likely N-dealkylation sites (N-methyl/N-ethyl adjacent to an activating group) is 1. The first-order valence-electron chi connectivity index (χ1n) is 6.66. The largest absolute Gasteiger partial charge is 0.496 e. The van der Waals surface area contributed by atoms with Gasteiger partial charge >= 0.3 is 0 Å². The van der Waals surface area contributed by atoms with Crippen molar-refractivity contribution in [3.05, 3.63) is 29.8 Å². The third-order valence-corrected chi connectivity index (χ3v) is 3.15. The molecule has 0 fully saturated rings. The molecule has 1 amide bonds. The van der Waals surface area contributed by atoms with Crippen LogP contribution in [0.4, 0.5) is 0 Å². The first-order valence-corrected chi connectivity index (χ1v) is 6.66. The maximum Gasteiger partial charge on any atom is 0.222 e. The van der Waals surface area contributed by atoms with Gasteiger partial charge in [0, 0.05) is 26.1 Å². The Morgan fingerprint density at radius 2 is 2.11 bits per heavy atom. The van der Waals surface area contributed by atoms with Crippen molar-refractivity contribution in [3.8, 4) is 5.75 Å². The molecule has 0 spiro atoms. The van der Waals surface area contributed by atoms with Gasteiger partial charge in [-0.1, -0.05) is 18.2 Å². The monoisotopic (exact) mass is 264 g/mol. The Labute approximate surface area is 115 Å². The molecule has 0 aliphatic heterocycles. The summed E-state index contributed by atoms with van der Waals surface area (Å²) < 4.78 is 5.30. The highest BCUT2D eigenvalue weighted by atomic mass is 16.5. The van der Waals surface area contributed by atoms with Crippen molar-refractivity contribution in [3.63, 3.8) is 0 Å². The second-order valence-electron chi connectivity index (χ2n) is 4.89. The van der Waals surface area contributed by atoms with Crippen molar-refractivity contribution < 1.29 is 9.53 Å². The summed E-state index contributed by atoms with van der Waals surface area (Å²) >= 11 is 0. The molecule has 4 nitrogen and oxygen atoms in total. The maximum atomic E-state index is 11.9. The normalized spacial score (nSPS) is 12.0. The molecule has 0 heterocycles. The summed E-state index contributed by atoms with van der Waals surface area (Å²) in [5.74, 6) is 1.02. The minimum atomic E-state index is 0.0755. The molecule has 1 aromatic rings. The zero-order chi connectivity index (χ0) is 14.3. The zero-order valence-electron chi connectivity index (χ0n) is 12.1. The average Bonchev–Trinajstić information content (AvgIpc) is 2.42. The Bertz CT molecular complexity index is 405. The van der Waals surface area contributed by atoms with Gasteiger partial charge in [0.2, 0.25) is 5.91 Å². The summed E-state index contributed by atoms with van der Waals surface area (Å²) in [5, 5.41) is 0. The molecule has 2 N–H and O–H groups in total. The standard InChI is InChI=1S/C15H24N2O2/c1-12(16)8-9-15(18)17(2)11-10-13-6-4-5-7-14(13)19-3/h4-7,12H,8-11,16H2,1-3H3. The highest BCUT2D eigenvalue weighted by Crippen LogP contribution is 2.17.